The fourth-order valence-electron chi connectivity index (χ4n) is 4.83. The molecule has 2 fully saturated rings. The van der Waals surface area contributed by atoms with E-state index in [0.29, 0.717) is 6.04 Å². The lowest BCUT2D eigenvalue weighted by Gasteiger charge is -2.32. The fraction of sp³-hybridized carbons (Fsp3) is 0.522. The minimum absolute atomic E-state index is 0.0995. The van der Waals surface area contributed by atoms with Gasteiger partial charge in [-0.3, -0.25) is 4.79 Å². The number of para-hydroxylation sites is 1. The summed E-state index contributed by atoms with van der Waals surface area (Å²) in [5.74, 6) is 1.18. The Morgan fingerprint density at radius 3 is 2.55 bits per heavy atom. The molecule has 2 aromatic heterocycles. The van der Waals surface area contributed by atoms with Crippen molar-refractivity contribution in [1.29, 1.82) is 0 Å². The number of anilines is 1. The molecule has 3 heterocycles. The van der Waals surface area contributed by atoms with Gasteiger partial charge in [0, 0.05) is 30.4 Å². The minimum atomic E-state index is 0.0995. The maximum atomic E-state index is 12.8. The van der Waals surface area contributed by atoms with Crippen LogP contribution in [0.5, 0.6) is 0 Å². The summed E-state index contributed by atoms with van der Waals surface area (Å²) in [6.07, 6.45) is 10.7. The molecule has 1 aliphatic heterocycles. The predicted molar refractivity (Wildman–Crippen MR) is 114 cm³/mol. The number of rotatable bonds is 3. The van der Waals surface area contributed by atoms with Crippen molar-refractivity contribution in [3.8, 4) is 0 Å². The van der Waals surface area contributed by atoms with Gasteiger partial charge in [-0.25, -0.2) is 9.97 Å². The fourth-order valence-corrected chi connectivity index (χ4v) is 4.83. The molecular weight excluding hydrogens is 364 g/mol. The van der Waals surface area contributed by atoms with E-state index in [0.717, 1.165) is 66.7 Å². The monoisotopic (exact) mass is 392 g/mol. The van der Waals surface area contributed by atoms with Crippen molar-refractivity contribution < 1.29 is 9.21 Å². The molecule has 0 unspecified atom stereocenters. The highest BCUT2D eigenvalue weighted by Gasteiger charge is 2.29. The third kappa shape index (κ3) is 3.68. The zero-order valence-electron chi connectivity index (χ0n) is 16.8. The summed E-state index contributed by atoms with van der Waals surface area (Å²) in [7, 11) is 0. The molecule has 1 aliphatic carbocycles. The van der Waals surface area contributed by atoms with E-state index >= 15 is 0 Å². The van der Waals surface area contributed by atoms with E-state index in [1.54, 1.807) is 6.33 Å². The van der Waals surface area contributed by atoms with Crippen LogP contribution in [0.4, 0.5) is 5.82 Å². The Morgan fingerprint density at radius 2 is 1.76 bits per heavy atom. The van der Waals surface area contributed by atoms with Gasteiger partial charge in [0.2, 0.25) is 5.91 Å². The summed E-state index contributed by atoms with van der Waals surface area (Å²) in [5, 5.41) is 4.35. The number of piperidine rings is 1. The second kappa shape index (κ2) is 8.01. The number of benzene rings is 1. The van der Waals surface area contributed by atoms with Gasteiger partial charge in [0.05, 0.1) is 0 Å². The number of nitrogens with zero attached hydrogens (tertiary/aromatic N) is 3. The van der Waals surface area contributed by atoms with Crippen LogP contribution in [0.1, 0.15) is 51.4 Å². The summed E-state index contributed by atoms with van der Waals surface area (Å²) in [5.41, 5.74) is 2.44. The van der Waals surface area contributed by atoms with Crippen molar-refractivity contribution in [2.45, 2.75) is 57.4 Å². The van der Waals surface area contributed by atoms with Crippen molar-refractivity contribution >= 4 is 33.8 Å². The molecule has 6 nitrogen and oxygen atoms in total. The molecular formula is C23H28N4O2. The summed E-state index contributed by atoms with van der Waals surface area (Å²) in [6, 6.07) is 8.33. The smallest absolute Gasteiger partial charge is 0.223 e. The second-order valence-electron chi connectivity index (χ2n) is 8.43. The number of carbonyl (C=O) groups excluding carboxylic acids is 1. The molecule has 3 aromatic rings. The van der Waals surface area contributed by atoms with Crippen LogP contribution in [0.3, 0.4) is 0 Å². The standard InChI is InChI=1S/C23H28N4O2/c28-23(26-17-7-3-1-2-4-8-17)16-11-13-27(14-12-16)22-21-20(24-15-25-22)18-9-5-6-10-19(18)29-21/h5-6,9-10,15-17H,1-4,7-8,11-14H2,(H,26,28). The Balaban J connectivity index is 1.27. The van der Waals surface area contributed by atoms with Gasteiger partial charge in [-0.05, 0) is 37.8 Å². The minimum Gasteiger partial charge on any atom is -0.450 e. The molecule has 1 saturated carbocycles. The van der Waals surface area contributed by atoms with Crippen molar-refractivity contribution in [1.82, 2.24) is 15.3 Å². The van der Waals surface area contributed by atoms with Crippen LogP contribution in [0.25, 0.3) is 22.1 Å². The lowest BCUT2D eigenvalue weighted by atomic mass is 9.95. The average molecular weight is 393 g/mol. The molecule has 1 aromatic carbocycles. The number of nitrogens with one attached hydrogen (secondary N) is 1. The van der Waals surface area contributed by atoms with E-state index in [9.17, 15) is 4.79 Å². The number of fused-ring (bicyclic) bond motifs is 3. The van der Waals surface area contributed by atoms with E-state index < -0.39 is 0 Å². The van der Waals surface area contributed by atoms with Gasteiger partial charge in [-0.1, -0.05) is 37.8 Å². The number of amides is 1. The summed E-state index contributed by atoms with van der Waals surface area (Å²) in [4.78, 5) is 24.0. The largest absolute Gasteiger partial charge is 0.450 e. The third-order valence-electron chi connectivity index (χ3n) is 6.51. The van der Waals surface area contributed by atoms with E-state index in [1.807, 2.05) is 24.3 Å². The first kappa shape index (κ1) is 18.4. The van der Waals surface area contributed by atoms with Crippen LogP contribution in [0.15, 0.2) is 35.0 Å². The maximum absolute atomic E-state index is 12.8. The number of hydrogen-bond donors (Lipinski definition) is 1. The van der Waals surface area contributed by atoms with E-state index in [2.05, 4.69) is 20.2 Å². The Hall–Kier alpha value is -2.63. The number of hydrogen-bond acceptors (Lipinski definition) is 5. The average Bonchev–Trinajstić information content (AvgIpc) is 2.95. The van der Waals surface area contributed by atoms with E-state index in [-0.39, 0.29) is 11.8 Å². The van der Waals surface area contributed by atoms with Gasteiger partial charge in [0.1, 0.15) is 17.4 Å². The lowest BCUT2D eigenvalue weighted by Crippen LogP contribution is -2.44. The molecule has 1 saturated heterocycles. The molecule has 1 N–H and O–H groups in total. The van der Waals surface area contributed by atoms with Crippen LogP contribution in [0, 0.1) is 5.92 Å². The zero-order chi connectivity index (χ0) is 19.6. The van der Waals surface area contributed by atoms with Crippen molar-refractivity contribution in [2.75, 3.05) is 18.0 Å². The van der Waals surface area contributed by atoms with E-state index in [1.165, 1.54) is 25.7 Å². The predicted octanol–water partition coefficient (Wildman–Crippen LogP) is 4.43. The van der Waals surface area contributed by atoms with Gasteiger partial charge in [-0.2, -0.15) is 0 Å². The van der Waals surface area contributed by atoms with Crippen LogP contribution in [-0.4, -0.2) is 35.0 Å². The normalized spacial score (nSPS) is 19.5. The molecule has 0 radical (unpaired) electrons. The maximum Gasteiger partial charge on any atom is 0.223 e. The van der Waals surface area contributed by atoms with Crippen LogP contribution < -0.4 is 10.2 Å². The number of carbonyl (C=O) groups is 1. The quantitative estimate of drug-likeness (QED) is 0.668. The molecule has 6 heteroatoms. The molecule has 0 bridgehead atoms. The lowest BCUT2D eigenvalue weighted by molar-refractivity contribution is -0.126. The highest BCUT2D eigenvalue weighted by Crippen LogP contribution is 2.33. The van der Waals surface area contributed by atoms with Crippen LogP contribution in [0.2, 0.25) is 0 Å². The van der Waals surface area contributed by atoms with Crippen molar-refractivity contribution in [2.24, 2.45) is 5.92 Å². The Bertz CT molecular complexity index is 998. The first-order valence-electron chi connectivity index (χ1n) is 11.0. The van der Waals surface area contributed by atoms with Crippen molar-refractivity contribution in [3.63, 3.8) is 0 Å². The topological polar surface area (TPSA) is 71.3 Å². The molecule has 2 aliphatic rings. The van der Waals surface area contributed by atoms with Crippen LogP contribution in [-0.2, 0) is 4.79 Å². The summed E-state index contributed by atoms with van der Waals surface area (Å²) < 4.78 is 6.08. The highest BCUT2D eigenvalue weighted by atomic mass is 16.3. The molecule has 0 spiro atoms. The Kier molecular flexibility index (Phi) is 5.08. The van der Waals surface area contributed by atoms with Crippen molar-refractivity contribution in [3.05, 3.63) is 30.6 Å². The number of aromatic nitrogens is 2. The molecule has 152 valence electrons. The Morgan fingerprint density at radius 1 is 1.00 bits per heavy atom. The first-order chi connectivity index (χ1) is 14.3. The molecule has 29 heavy (non-hydrogen) atoms. The van der Waals surface area contributed by atoms with E-state index in [4.69, 9.17) is 4.42 Å². The molecule has 1 amide bonds. The summed E-state index contributed by atoms with van der Waals surface area (Å²) in [6.45, 7) is 1.62. The molecule has 5 rings (SSSR count). The van der Waals surface area contributed by atoms with Gasteiger partial charge < -0.3 is 14.6 Å². The first-order valence-corrected chi connectivity index (χ1v) is 11.0. The van der Waals surface area contributed by atoms with Gasteiger partial charge in [0.15, 0.2) is 11.4 Å². The number of furan rings is 1. The SMILES string of the molecule is O=C(NC1CCCCCC1)C1CCN(c2ncnc3c2oc2ccccc23)CC1. The highest BCUT2D eigenvalue weighted by molar-refractivity contribution is 6.05. The van der Waals surface area contributed by atoms with Gasteiger partial charge >= 0.3 is 0 Å². The van der Waals surface area contributed by atoms with Gasteiger partial charge in [0.25, 0.3) is 0 Å². The third-order valence-corrected chi connectivity index (χ3v) is 6.51. The zero-order valence-corrected chi connectivity index (χ0v) is 16.8. The Labute approximate surface area is 170 Å². The summed E-state index contributed by atoms with van der Waals surface area (Å²) >= 11 is 0. The molecule has 0 atom stereocenters. The van der Waals surface area contributed by atoms with Crippen LogP contribution >= 0.6 is 0 Å². The second-order valence-corrected chi connectivity index (χ2v) is 8.43. The van der Waals surface area contributed by atoms with Gasteiger partial charge in [-0.15, -0.1) is 0 Å².